The van der Waals surface area contributed by atoms with Crippen LogP contribution in [0.15, 0.2) is 45.7 Å². The van der Waals surface area contributed by atoms with Crippen LogP contribution in [0.25, 0.3) is 11.1 Å². The summed E-state index contributed by atoms with van der Waals surface area (Å²) in [6.07, 6.45) is 5.70. The van der Waals surface area contributed by atoms with E-state index in [1.165, 1.54) is 0 Å². The van der Waals surface area contributed by atoms with Gasteiger partial charge in [-0.25, -0.2) is 4.98 Å². The molecule has 35 heavy (non-hydrogen) atoms. The Morgan fingerprint density at radius 3 is 2.54 bits per heavy atom. The smallest absolute Gasteiger partial charge is 0.192 e. The lowest BCUT2D eigenvalue weighted by Gasteiger charge is -2.48. The van der Waals surface area contributed by atoms with Gasteiger partial charge < -0.3 is 13.7 Å². The number of Topliss-reactive ketones (excluding diaryl/α,β-unsaturated/α-hetero) is 1. The van der Waals surface area contributed by atoms with Crippen molar-refractivity contribution >= 4 is 46.8 Å². The summed E-state index contributed by atoms with van der Waals surface area (Å²) < 4.78 is 13.0. The van der Waals surface area contributed by atoms with Crippen LogP contribution >= 0.6 is 15.9 Å². The molecule has 1 aliphatic heterocycles. The number of ketones is 1. The summed E-state index contributed by atoms with van der Waals surface area (Å²) in [5.41, 5.74) is 3.74. The zero-order chi connectivity index (χ0) is 25.5. The van der Waals surface area contributed by atoms with Crippen molar-refractivity contribution in [2.24, 2.45) is 11.8 Å². The van der Waals surface area contributed by atoms with Gasteiger partial charge in [-0.3, -0.25) is 9.78 Å². The average Bonchev–Trinajstić information content (AvgIpc) is 3.16. The monoisotopic (exact) mass is 557 g/mol. The quantitative estimate of drug-likeness (QED) is 0.242. The summed E-state index contributed by atoms with van der Waals surface area (Å²) >= 11 is 3.43. The molecule has 188 valence electrons. The normalized spacial score (nSPS) is 21.5. The van der Waals surface area contributed by atoms with Crippen LogP contribution in [0.3, 0.4) is 0 Å². The van der Waals surface area contributed by atoms with Crippen LogP contribution in [0.5, 0.6) is 0 Å². The Labute approximate surface area is 217 Å². The van der Waals surface area contributed by atoms with E-state index in [4.69, 9.17) is 8.84 Å². The summed E-state index contributed by atoms with van der Waals surface area (Å²) in [4.78, 5) is 24.4. The molecule has 3 aromatic heterocycles. The molecule has 1 aliphatic rings. The number of hydrogen-bond acceptors (Lipinski definition) is 6. The van der Waals surface area contributed by atoms with Crippen molar-refractivity contribution in [2.45, 2.75) is 65.3 Å². The predicted molar refractivity (Wildman–Crippen MR) is 147 cm³/mol. The lowest BCUT2D eigenvalue weighted by atomic mass is 9.87. The van der Waals surface area contributed by atoms with Crippen molar-refractivity contribution in [1.82, 2.24) is 9.97 Å². The first-order chi connectivity index (χ1) is 16.4. The molecule has 1 saturated heterocycles. The summed E-state index contributed by atoms with van der Waals surface area (Å²) in [6, 6.07) is 5.55. The molecule has 3 atom stereocenters. The molecule has 0 N–H and O–H groups in total. The summed E-state index contributed by atoms with van der Waals surface area (Å²) in [7, 11) is -1.86. The van der Waals surface area contributed by atoms with E-state index in [1.54, 1.807) is 18.4 Å². The number of fused-ring (bicyclic) bond motifs is 1. The number of piperidine rings is 1. The van der Waals surface area contributed by atoms with Crippen LogP contribution in [0, 0.1) is 11.8 Å². The van der Waals surface area contributed by atoms with E-state index >= 15 is 0 Å². The van der Waals surface area contributed by atoms with E-state index in [-0.39, 0.29) is 23.3 Å². The van der Waals surface area contributed by atoms with Gasteiger partial charge in [0.1, 0.15) is 17.5 Å². The molecule has 6 nitrogen and oxygen atoms in total. The highest BCUT2D eigenvalue weighted by atomic mass is 79.9. The van der Waals surface area contributed by atoms with E-state index in [1.807, 2.05) is 18.5 Å². The van der Waals surface area contributed by atoms with Gasteiger partial charge in [0.2, 0.25) is 0 Å². The van der Waals surface area contributed by atoms with Crippen molar-refractivity contribution in [3.05, 3.63) is 52.6 Å². The molecule has 0 bridgehead atoms. The van der Waals surface area contributed by atoms with Crippen LogP contribution in [-0.2, 0) is 10.8 Å². The van der Waals surface area contributed by atoms with E-state index < -0.39 is 8.32 Å². The largest absolute Gasteiger partial charge is 0.461 e. The van der Waals surface area contributed by atoms with Gasteiger partial charge in [0.25, 0.3) is 0 Å². The number of aromatic nitrogens is 2. The lowest BCUT2D eigenvalue weighted by molar-refractivity contribution is 0.0627. The summed E-state index contributed by atoms with van der Waals surface area (Å²) in [6.45, 7) is 17.9. The highest BCUT2D eigenvalue weighted by Gasteiger charge is 2.43. The highest BCUT2D eigenvalue weighted by Crippen LogP contribution is 2.41. The number of nitrogens with zero attached hydrogens (tertiary/aromatic N) is 3. The molecule has 1 fully saturated rings. The molecule has 0 radical (unpaired) electrons. The Morgan fingerprint density at radius 1 is 1.20 bits per heavy atom. The van der Waals surface area contributed by atoms with Crippen molar-refractivity contribution in [3.8, 4) is 0 Å². The van der Waals surface area contributed by atoms with Crippen molar-refractivity contribution in [1.29, 1.82) is 0 Å². The number of anilines is 1. The first-order valence-corrected chi connectivity index (χ1v) is 16.0. The maximum absolute atomic E-state index is 13.2. The minimum Gasteiger partial charge on any atom is -0.461 e. The molecular weight excluding hydrogens is 522 g/mol. The topological polar surface area (TPSA) is 68.5 Å². The van der Waals surface area contributed by atoms with Gasteiger partial charge in [0.15, 0.2) is 19.7 Å². The first kappa shape index (κ1) is 26.0. The van der Waals surface area contributed by atoms with Crippen LogP contribution < -0.4 is 4.90 Å². The van der Waals surface area contributed by atoms with Gasteiger partial charge >= 0.3 is 0 Å². The second-order valence-corrected chi connectivity index (χ2v) is 17.0. The number of carbonyl (C=O) groups is 1. The maximum Gasteiger partial charge on any atom is 0.192 e. The zero-order valence-corrected chi connectivity index (χ0v) is 24.3. The fraction of sp³-hybridized carbons (Fsp3) is 0.519. The second-order valence-electron chi connectivity index (χ2n) is 11.4. The number of carbonyl (C=O) groups excluding carboxylic acids is 1. The number of rotatable bonds is 6. The lowest BCUT2D eigenvalue weighted by Crippen LogP contribution is -2.54. The number of furan rings is 1. The number of halogens is 1. The molecule has 8 heteroatoms. The predicted octanol–water partition coefficient (Wildman–Crippen LogP) is 6.89. The molecule has 0 aromatic carbocycles. The van der Waals surface area contributed by atoms with Gasteiger partial charge in [-0.15, -0.1) is 0 Å². The van der Waals surface area contributed by atoms with Crippen LogP contribution in [-0.4, -0.2) is 43.3 Å². The Hall–Kier alpha value is -2.03. The zero-order valence-electron chi connectivity index (χ0n) is 21.8. The van der Waals surface area contributed by atoms with E-state index in [9.17, 15) is 4.79 Å². The fourth-order valence-electron chi connectivity index (χ4n) is 4.65. The van der Waals surface area contributed by atoms with Gasteiger partial charge in [-0.05, 0) is 64.1 Å². The first-order valence-electron chi connectivity index (χ1n) is 12.3. The average molecular weight is 559 g/mol. The van der Waals surface area contributed by atoms with Crippen molar-refractivity contribution in [2.75, 3.05) is 18.0 Å². The number of pyridine rings is 2. The Balaban J connectivity index is 1.52. The minimum absolute atomic E-state index is 0.0357. The number of hydrogen-bond donors (Lipinski definition) is 0. The molecular formula is C27H36BrN3O3Si. The minimum atomic E-state index is -1.86. The maximum atomic E-state index is 13.2. The third-order valence-electron chi connectivity index (χ3n) is 7.60. The molecule has 0 aliphatic carbocycles. The van der Waals surface area contributed by atoms with Crippen LogP contribution in [0.1, 0.15) is 50.7 Å². The third-order valence-corrected chi connectivity index (χ3v) is 12.6. The van der Waals surface area contributed by atoms with Crippen molar-refractivity contribution in [3.63, 3.8) is 0 Å². The molecule has 4 rings (SSSR count). The summed E-state index contributed by atoms with van der Waals surface area (Å²) in [5.74, 6) is 0.728. The fourth-order valence-corrected chi connectivity index (χ4v) is 6.53. The van der Waals surface area contributed by atoms with Gasteiger partial charge in [0.05, 0.1) is 10.6 Å². The highest BCUT2D eigenvalue weighted by molar-refractivity contribution is 9.10. The van der Waals surface area contributed by atoms with Gasteiger partial charge in [-0.2, -0.15) is 0 Å². The summed E-state index contributed by atoms with van der Waals surface area (Å²) in [5, 5.41) is 0.186. The molecule has 4 heterocycles. The Morgan fingerprint density at radius 2 is 1.89 bits per heavy atom. The van der Waals surface area contributed by atoms with Crippen LogP contribution in [0.4, 0.5) is 5.69 Å². The van der Waals surface area contributed by atoms with Crippen LogP contribution in [0.2, 0.25) is 18.1 Å². The van der Waals surface area contributed by atoms with E-state index in [2.05, 4.69) is 78.5 Å². The van der Waals surface area contributed by atoms with Crippen molar-refractivity contribution < 1.29 is 13.6 Å². The van der Waals surface area contributed by atoms with Gasteiger partial charge in [0, 0.05) is 43.2 Å². The molecule has 3 aromatic rings. The van der Waals surface area contributed by atoms with E-state index in [0.717, 1.165) is 28.8 Å². The molecule has 1 unspecified atom stereocenters. The molecule has 0 spiro atoms. The second kappa shape index (κ2) is 9.79. The third kappa shape index (κ3) is 5.39. The molecule has 0 amide bonds. The van der Waals surface area contributed by atoms with Gasteiger partial charge in [-0.1, -0.05) is 34.6 Å². The Bertz CT molecular complexity index is 1210. The molecule has 0 saturated carbocycles. The SMILES string of the molecule is C[C@@H]1CN(c2ccncc2CC(=O)c2ccc3occ(Br)c3n2)C[C@H](C)C1O[Si](C)(C)C(C)(C)C. The standard InChI is InChI=1S/C27H36BrN3O3Si/c1-17-14-31(15-18(2)26(17)34-35(6,7)27(3,4)5)22-10-11-29-13-19(22)12-23(32)21-8-9-24-25(30-21)20(28)16-33-24/h8-11,13,16-18,26H,12,14-15H2,1-7H3/t17-,18+,26?. The Kier molecular flexibility index (Phi) is 7.28. The van der Waals surface area contributed by atoms with E-state index in [0.29, 0.717) is 28.6 Å².